The van der Waals surface area contributed by atoms with E-state index in [9.17, 15) is 4.39 Å². The van der Waals surface area contributed by atoms with Gasteiger partial charge in [0, 0.05) is 30.4 Å². The van der Waals surface area contributed by atoms with E-state index in [2.05, 4.69) is 45.7 Å². The van der Waals surface area contributed by atoms with E-state index >= 15 is 0 Å². The second-order valence-corrected chi connectivity index (χ2v) is 8.24. The van der Waals surface area contributed by atoms with Crippen LogP contribution >= 0.6 is 12.8 Å². The smallest absolute Gasteiger partial charge is 0.231 e. The third-order valence-electron chi connectivity index (χ3n) is 5.50. The molecule has 0 amide bonds. The lowest BCUT2D eigenvalue weighted by Crippen LogP contribution is -2.15. The first-order valence-corrected chi connectivity index (χ1v) is 11.6. The number of halogens is 1. The Kier molecular flexibility index (Phi) is 7.74. The van der Waals surface area contributed by atoms with E-state index in [4.69, 9.17) is 15.2 Å². The molecule has 0 saturated carbocycles. The summed E-state index contributed by atoms with van der Waals surface area (Å²) >= 11 is 4.22. The number of ether oxygens (including phenoxy) is 2. The minimum Gasteiger partial charge on any atom is -0.453 e. The lowest BCUT2D eigenvalue weighted by molar-refractivity contribution is 0.0973. The van der Waals surface area contributed by atoms with Gasteiger partial charge in [-0.1, -0.05) is 25.0 Å². The lowest BCUT2D eigenvalue weighted by Gasteiger charge is -2.10. The van der Waals surface area contributed by atoms with Gasteiger partial charge in [-0.05, 0) is 62.1 Å². The lowest BCUT2D eigenvalue weighted by atomic mass is 10.0. The van der Waals surface area contributed by atoms with Gasteiger partial charge < -0.3 is 24.5 Å². The van der Waals surface area contributed by atoms with Crippen molar-refractivity contribution in [1.82, 2.24) is 14.3 Å². The minimum absolute atomic E-state index is 0.230. The molecule has 1 fully saturated rings. The van der Waals surface area contributed by atoms with Crippen molar-refractivity contribution in [3.05, 3.63) is 89.2 Å². The molecule has 3 N–H and O–H groups in total. The highest BCUT2D eigenvalue weighted by Gasteiger charge is 2.27. The van der Waals surface area contributed by atoms with E-state index in [1.165, 1.54) is 24.3 Å². The number of allylic oxidation sites excluding steroid dienone is 5. The van der Waals surface area contributed by atoms with Gasteiger partial charge in [-0.15, -0.1) is 0 Å². The summed E-state index contributed by atoms with van der Waals surface area (Å²) in [6, 6.07) is 5.70. The number of thiol groups is 1. The highest BCUT2D eigenvalue weighted by molar-refractivity contribution is 7.78. The summed E-state index contributed by atoms with van der Waals surface area (Å²) in [5.41, 5.74) is 9.99. The van der Waals surface area contributed by atoms with Gasteiger partial charge in [-0.25, -0.2) is 9.37 Å². The van der Waals surface area contributed by atoms with Crippen LogP contribution in [0.4, 0.5) is 10.1 Å². The van der Waals surface area contributed by atoms with Crippen LogP contribution < -0.4 is 10.5 Å². The highest BCUT2D eigenvalue weighted by atomic mass is 32.1. The van der Waals surface area contributed by atoms with Crippen LogP contribution in [-0.2, 0) is 9.47 Å². The monoisotopic (exact) mass is 481 g/mol. The molecule has 1 aromatic heterocycles. The highest BCUT2D eigenvalue weighted by Crippen LogP contribution is 2.35. The van der Waals surface area contributed by atoms with Crippen LogP contribution in [0.3, 0.4) is 0 Å². The number of hydrogen-bond donors (Lipinski definition) is 3. The number of rotatable bonds is 2. The molecule has 178 valence electrons. The molecule has 34 heavy (non-hydrogen) atoms. The maximum Gasteiger partial charge on any atom is 0.231 e. The first-order chi connectivity index (χ1) is 16.5. The Hall–Kier alpha value is -3.46. The molecule has 3 heterocycles. The normalized spacial score (nSPS) is 18.8. The Morgan fingerprint density at radius 1 is 1.18 bits per heavy atom. The number of nitrogens with one attached hydrogen (secondary N) is 1. The number of aryl methyl sites for hydroxylation is 1. The second-order valence-electron chi connectivity index (χ2n) is 8.02. The third kappa shape index (κ3) is 5.72. The molecule has 7 nitrogen and oxygen atoms in total. The standard InChI is InChI=1S/C19H22N4O2S.C6H6FN/c1-13-10-23(11-21-13)16-7-4-6-14(17-18(16)25-12-24-17)9-15-5-2-3-8-20-19(15)22-26;7-5-1-3-6(8)4-2-5/h4,6,9-11,26H,2-3,5,7-8,12H2,1H3,(H,20,22);1-4H,8H2/b15-9+;. The van der Waals surface area contributed by atoms with Crippen LogP contribution in [-0.4, -0.2) is 28.7 Å². The van der Waals surface area contributed by atoms with Crippen LogP contribution in [0.1, 0.15) is 31.4 Å². The molecule has 1 aromatic carbocycles. The molecule has 1 aliphatic carbocycles. The number of imidazole rings is 1. The zero-order valence-electron chi connectivity index (χ0n) is 19.0. The van der Waals surface area contributed by atoms with Gasteiger partial charge in [0.05, 0.1) is 17.7 Å². The number of aliphatic imine (C=N–C) groups is 1. The summed E-state index contributed by atoms with van der Waals surface area (Å²) in [4.78, 5) is 8.91. The number of benzene rings is 1. The zero-order valence-corrected chi connectivity index (χ0v) is 19.9. The molecule has 2 aliphatic heterocycles. The predicted molar refractivity (Wildman–Crippen MR) is 135 cm³/mol. The fraction of sp³-hybridized carbons (Fsp3) is 0.280. The van der Waals surface area contributed by atoms with Crippen molar-refractivity contribution >= 4 is 30.0 Å². The van der Waals surface area contributed by atoms with Gasteiger partial charge in [0.2, 0.25) is 6.79 Å². The molecule has 0 radical (unpaired) electrons. The van der Waals surface area contributed by atoms with E-state index in [1.807, 2.05) is 24.0 Å². The number of aromatic nitrogens is 2. The number of nitrogens with zero attached hydrogens (tertiary/aromatic N) is 3. The van der Waals surface area contributed by atoms with Crippen molar-refractivity contribution < 1.29 is 13.9 Å². The minimum atomic E-state index is -0.251. The maximum absolute atomic E-state index is 12.0. The van der Waals surface area contributed by atoms with E-state index in [0.717, 1.165) is 72.1 Å². The van der Waals surface area contributed by atoms with Gasteiger partial charge in [-0.2, -0.15) is 0 Å². The summed E-state index contributed by atoms with van der Waals surface area (Å²) in [6.07, 6.45) is 14.1. The van der Waals surface area contributed by atoms with Crippen LogP contribution in [0.25, 0.3) is 5.70 Å². The van der Waals surface area contributed by atoms with Crippen molar-refractivity contribution in [3.63, 3.8) is 0 Å². The summed E-state index contributed by atoms with van der Waals surface area (Å²) in [7, 11) is 0. The van der Waals surface area contributed by atoms with Gasteiger partial charge in [-0.3, -0.25) is 4.99 Å². The van der Waals surface area contributed by atoms with Crippen molar-refractivity contribution in [2.24, 2.45) is 4.99 Å². The van der Waals surface area contributed by atoms with Gasteiger partial charge >= 0.3 is 0 Å². The largest absolute Gasteiger partial charge is 0.453 e. The van der Waals surface area contributed by atoms with Gasteiger partial charge in [0.1, 0.15) is 11.7 Å². The molecule has 5 rings (SSSR count). The summed E-state index contributed by atoms with van der Waals surface area (Å²) in [6.45, 7) is 3.04. The number of nitrogen functional groups attached to an aromatic ring is 1. The number of amidine groups is 1. The second kappa shape index (κ2) is 11.1. The molecular weight excluding hydrogens is 453 g/mol. The third-order valence-corrected chi connectivity index (χ3v) is 5.71. The fourth-order valence-corrected chi connectivity index (χ4v) is 4.03. The maximum atomic E-state index is 12.0. The summed E-state index contributed by atoms with van der Waals surface area (Å²) in [5.74, 6) is 2.14. The number of anilines is 1. The van der Waals surface area contributed by atoms with Gasteiger partial charge in [0.15, 0.2) is 11.5 Å². The topological polar surface area (TPSA) is 86.7 Å². The molecule has 0 spiro atoms. The average molecular weight is 482 g/mol. The zero-order chi connectivity index (χ0) is 23.9. The summed E-state index contributed by atoms with van der Waals surface area (Å²) in [5, 5.41) is 0. The van der Waals surface area contributed by atoms with E-state index in [1.54, 1.807) is 0 Å². The molecule has 0 atom stereocenters. The SMILES string of the molecule is Cc1cn(C2=C3OCOC3=C(/C=C3\CCCCN=C3NS)C=CC2)cn1.Nc1ccc(F)cc1. The van der Waals surface area contributed by atoms with Crippen molar-refractivity contribution in [1.29, 1.82) is 0 Å². The first kappa shape index (κ1) is 23.7. The molecule has 0 bridgehead atoms. The Morgan fingerprint density at radius 3 is 2.68 bits per heavy atom. The van der Waals surface area contributed by atoms with Crippen LogP contribution in [0.5, 0.6) is 0 Å². The first-order valence-electron chi connectivity index (χ1n) is 11.1. The Morgan fingerprint density at radius 2 is 1.97 bits per heavy atom. The van der Waals surface area contributed by atoms with Crippen molar-refractivity contribution in [2.75, 3.05) is 19.1 Å². The molecule has 2 aromatic rings. The molecule has 9 heteroatoms. The Balaban J connectivity index is 0.000000291. The van der Waals surface area contributed by atoms with E-state index in [-0.39, 0.29) is 12.6 Å². The van der Waals surface area contributed by atoms with Crippen LogP contribution in [0.15, 0.2) is 82.7 Å². The molecular formula is C25H28FN5O2S. The molecule has 1 saturated heterocycles. The summed E-state index contributed by atoms with van der Waals surface area (Å²) < 4.78 is 28.6. The quantitative estimate of drug-likeness (QED) is 0.418. The average Bonchev–Trinajstić information content (AvgIpc) is 3.38. The number of nitrogens with two attached hydrogens (primary N) is 1. The Bertz CT molecular complexity index is 1160. The molecule has 0 unspecified atom stereocenters. The predicted octanol–water partition coefficient (Wildman–Crippen LogP) is 4.93. The van der Waals surface area contributed by atoms with E-state index in [0.29, 0.717) is 5.69 Å². The van der Waals surface area contributed by atoms with Crippen LogP contribution in [0, 0.1) is 12.7 Å². The fourth-order valence-electron chi connectivity index (χ4n) is 3.81. The number of fused-ring (bicyclic) bond motifs is 1. The van der Waals surface area contributed by atoms with Crippen LogP contribution in [0.2, 0.25) is 0 Å². The van der Waals surface area contributed by atoms with E-state index < -0.39 is 0 Å². The van der Waals surface area contributed by atoms with Crippen molar-refractivity contribution in [3.8, 4) is 0 Å². The number of hydrogen-bond acceptors (Lipinski definition) is 7. The van der Waals surface area contributed by atoms with Crippen molar-refractivity contribution in [2.45, 2.75) is 32.6 Å². The van der Waals surface area contributed by atoms with Gasteiger partial charge in [0.25, 0.3) is 0 Å². The Labute approximate surface area is 204 Å². The molecule has 3 aliphatic rings.